The van der Waals surface area contributed by atoms with Crippen LogP contribution in [0.15, 0.2) is 22.6 Å². The average molecular weight is 249 g/mol. The van der Waals surface area contributed by atoms with Crippen LogP contribution in [-0.2, 0) is 0 Å². The topological polar surface area (TPSA) is 83.4 Å². The molecule has 6 nitrogen and oxygen atoms in total. The van der Waals surface area contributed by atoms with Gasteiger partial charge in [0, 0.05) is 0 Å². The maximum Gasteiger partial charge on any atom is 0.414 e. The Balaban J connectivity index is 2.39. The number of hydrogen-bond donors (Lipinski definition) is 1. The van der Waals surface area contributed by atoms with Gasteiger partial charge in [-0.25, -0.2) is 0 Å². The lowest BCUT2D eigenvalue weighted by molar-refractivity contribution is 0.246. The molecule has 2 aromatic rings. The van der Waals surface area contributed by atoms with E-state index in [1.807, 2.05) is 19.9 Å². The number of rotatable bonds is 5. The largest absolute Gasteiger partial charge is 0.491 e. The Kier molecular flexibility index (Phi) is 3.66. The number of ether oxygens (including phenoxy) is 2. The molecular formula is C12H15N3O3. The van der Waals surface area contributed by atoms with E-state index in [2.05, 4.69) is 10.2 Å². The van der Waals surface area contributed by atoms with Gasteiger partial charge in [-0.05, 0) is 26.0 Å². The molecule has 0 bridgehead atoms. The number of hydrogen-bond acceptors (Lipinski definition) is 6. The molecule has 96 valence electrons. The minimum absolute atomic E-state index is 0.136. The molecule has 0 aliphatic rings. The van der Waals surface area contributed by atoms with E-state index in [4.69, 9.17) is 19.6 Å². The van der Waals surface area contributed by atoms with Gasteiger partial charge in [-0.2, -0.15) is 0 Å². The second-order valence-electron chi connectivity index (χ2n) is 3.46. The smallest absolute Gasteiger partial charge is 0.414 e. The molecule has 1 heterocycles. The van der Waals surface area contributed by atoms with Crippen molar-refractivity contribution in [1.82, 2.24) is 10.2 Å². The molecule has 0 saturated heterocycles. The van der Waals surface area contributed by atoms with Gasteiger partial charge in [-0.15, -0.1) is 5.10 Å². The number of benzene rings is 1. The van der Waals surface area contributed by atoms with Crippen molar-refractivity contribution in [2.75, 3.05) is 18.9 Å². The second-order valence-corrected chi connectivity index (χ2v) is 3.46. The summed E-state index contributed by atoms with van der Waals surface area (Å²) in [5.74, 6) is 0.876. The van der Waals surface area contributed by atoms with Gasteiger partial charge in [0.2, 0.25) is 0 Å². The highest BCUT2D eigenvalue weighted by Gasteiger charge is 2.16. The van der Waals surface area contributed by atoms with Crippen molar-refractivity contribution < 1.29 is 13.9 Å². The van der Waals surface area contributed by atoms with Crippen LogP contribution in [0.2, 0.25) is 0 Å². The van der Waals surface area contributed by atoms with Crippen LogP contribution in [0, 0.1) is 0 Å². The number of nitrogens with zero attached hydrogens (tertiary/aromatic N) is 2. The first-order chi connectivity index (χ1) is 8.76. The summed E-state index contributed by atoms with van der Waals surface area (Å²) in [4.78, 5) is 0. The Morgan fingerprint density at radius 1 is 1.17 bits per heavy atom. The maximum atomic E-state index is 5.86. The first kappa shape index (κ1) is 12.2. The van der Waals surface area contributed by atoms with E-state index < -0.39 is 0 Å². The van der Waals surface area contributed by atoms with Crippen LogP contribution in [0.3, 0.4) is 0 Å². The molecule has 0 fully saturated rings. The fourth-order valence-corrected chi connectivity index (χ4v) is 1.53. The first-order valence-electron chi connectivity index (χ1n) is 5.74. The molecule has 0 radical (unpaired) electrons. The van der Waals surface area contributed by atoms with Crippen LogP contribution in [0.5, 0.6) is 11.8 Å². The molecule has 6 heteroatoms. The third kappa shape index (κ3) is 2.37. The second kappa shape index (κ2) is 5.39. The Morgan fingerprint density at radius 3 is 2.67 bits per heavy atom. The van der Waals surface area contributed by atoms with Crippen molar-refractivity contribution in [1.29, 1.82) is 0 Å². The minimum Gasteiger partial charge on any atom is -0.491 e. The maximum absolute atomic E-state index is 5.86. The summed E-state index contributed by atoms with van der Waals surface area (Å²) >= 11 is 0. The molecule has 1 aromatic heterocycles. The molecule has 0 aliphatic carbocycles. The van der Waals surface area contributed by atoms with Gasteiger partial charge in [0.25, 0.3) is 5.89 Å². The Labute approximate surface area is 105 Å². The fraction of sp³-hybridized carbons (Fsp3) is 0.333. The van der Waals surface area contributed by atoms with Crippen molar-refractivity contribution in [3.05, 3.63) is 18.2 Å². The Hall–Kier alpha value is -2.24. The predicted octanol–water partition coefficient (Wildman–Crippen LogP) is 2.12. The molecule has 0 aliphatic heterocycles. The highest BCUT2D eigenvalue weighted by Crippen LogP contribution is 2.34. The van der Waals surface area contributed by atoms with Crippen LogP contribution >= 0.6 is 0 Å². The standard InChI is InChI=1S/C12H15N3O3/c1-3-16-10-8(6-5-7-9(10)13)11-14-15-12(18-11)17-4-2/h5-7H,3-4,13H2,1-2H3. The molecular weight excluding hydrogens is 234 g/mol. The van der Waals surface area contributed by atoms with E-state index in [0.717, 1.165) is 0 Å². The quantitative estimate of drug-likeness (QED) is 0.817. The van der Waals surface area contributed by atoms with Crippen molar-refractivity contribution in [3.8, 4) is 23.3 Å². The normalized spacial score (nSPS) is 10.3. The van der Waals surface area contributed by atoms with E-state index in [1.165, 1.54) is 0 Å². The molecule has 0 amide bonds. The zero-order chi connectivity index (χ0) is 13.0. The van der Waals surface area contributed by atoms with E-state index in [0.29, 0.717) is 36.1 Å². The fourth-order valence-electron chi connectivity index (χ4n) is 1.53. The molecule has 0 spiro atoms. The zero-order valence-corrected chi connectivity index (χ0v) is 10.3. The summed E-state index contributed by atoms with van der Waals surface area (Å²) in [6, 6.07) is 5.37. The van der Waals surface area contributed by atoms with Crippen molar-refractivity contribution in [2.45, 2.75) is 13.8 Å². The van der Waals surface area contributed by atoms with Crippen molar-refractivity contribution in [3.63, 3.8) is 0 Å². The monoisotopic (exact) mass is 249 g/mol. The van der Waals surface area contributed by atoms with Crippen LogP contribution < -0.4 is 15.2 Å². The van der Waals surface area contributed by atoms with Crippen LogP contribution in [-0.4, -0.2) is 23.4 Å². The highest BCUT2D eigenvalue weighted by molar-refractivity contribution is 5.72. The number of aromatic nitrogens is 2. The molecule has 18 heavy (non-hydrogen) atoms. The molecule has 0 saturated carbocycles. The first-order valence-corrected chi connectivity index (χ1v) is 5.74. The summed E-state index contributed by atoms with van der Waals surface area (Å²) in [7, 11) is 0. The molecule has 2 rings (SSSR count). The van der Waals surface area contributed by atoms with E-state index >= 15 is 0 Å². The Morgan fingerprint density at radius 2 is 1.94 bits per heavy atom. The summed E-state index contributed by atoms with van der Waals surface area (Å²) in [6.45, 7) is 4.70. The average Bonchev–Trinajstić information content (AvgIpc) is 2.81. The SMILES string of the molecule is CCOc1nnc(-c2cccc(N)c2OCC)o1. The van der Waals surface area contributed by atoms with Gasteiger partial charge in [0.05, 0.1) is 24.5 Å². The summed E-state index contributed by atoms with van der Waals surface area (Å²) in [5.41, 5.74) is 7.06. The van der Waals surface area contributed by atoms with Crippen LogP contribution in [0.25, 0.3) is 11.5 Å². The lowest BCUT2D eigenvalue weighted by Crippen LogP contribution is -1.99. The summed E-state index contributed by atoms with van der Waals surface area (Å²) in [5, 5.41) is 7.69. The number of para-hydroxylation sites is 1. The predicted molar refractivity (Wildman–Crippen MR) is 66.5 cm³/mol. The Bertz CT molecular complexity index is 525. The van der Waals surface area contributed by atoms with Gasteiger partial charge in [0.1, 0.15) is 0 Å². The number of nitrogen functional groups attached to an aromatic ring is 1. The number of anilines is 1. The van der Waals surface area contributed by atoms with Gasteiger partial charge in [0.15, 0.2) is 5.75 Å². The molecule has 0 atom stereocenters. The van der Waals surface area contributed by atoms with Gasteiger partial charge < -0.3 is 19.6 Å². The third-order valence-corrected chi connectivity index (χ3v) is 2.24. The molecule has 2 N–H and O–H groups in total. The van der Waals surface area contributed by atoms with Gasteiger partial charge in [-0.3, -0.25) is 0 Å². The molecule has 1 aromatic carbocycles. The van der Waals surface area contributed by atoms with Crippen LogP contribution in [0.4, 0.5) is 5.69 Å². The van der Waals surface area contributed by atoms with Gasteiger partial charge >= 0.3 is 6.08 Å². The lowest BCUT2D eigenvalue weighted by atomic mass is 10.1. The van der Waals surface area contributed by atoms with Gasteiger partial charge in [-0.1, -0.05) is 11.2 Å². The van der Waals surface area contributed by atoms with Crippen molar-refractivity contribution >= 4 is 5.69 Å². The van der Waals surface area contributed by atoms with E-state index in [1.54, 1.807) is 12.1 Å². The summed E-state index contributed by atoms with van der Waals surface area (Å²) < 4.78 is 16.0. The highest BCUT2D eigenvalue weighted by atomic mass is 16.6. The summed E-state index contributed by atoms with van der Waals surface area (Å²) in [6.07, 6.45) is 0.136. The minimum atomic E-state index is 0.136. The van der Waals surface area contributed by atoms with Crippen molar-refractivity contribution in [2.24, 2.45) is 0 Å². The number of nitrogens with two attached hydrogens (primary N) is 1. The zero-order valence-electron chi connectivity index (χ0n) is 10.3. The molecule has 0 unspecified atom stereocenters. The third-order valence-electron chi connectivity index (χ3n) is 2.24. The van der Waals surface area contributed by atoms with E-state index in [9.17, 15) is 0 Å². The lowest BCUT2D eigenvalue weighted by Gasteiger charge is -2.09. The van der Waals surface area contributed by atoms with Crippen LogP contribution in [0.1, 0.15) is 13.8 Å². The van der Waals surface area contributed by atoms with E-state index in [-0.39, 0.29) is 6.08 Å².